The molecular formula is C15H23NO3. The summed E-state index contributed by atoms with van der Waals surface area (Å²) in [5.41, 5.74) is 1.05. The van der Waals surface area contributed by atoms with Gasteiger partial charge in [-0.1, -0.05) is 6.92 Å². The summed E-state index contributed by atoms with van der Waals surface area (Å²) in [5, 5.41) is 3.55. The minimum atomic E-state index is 0.617. The molecule has 1 N–H and O–H groups in total. The van der Waals surface area contributed by atoms with Gasteiger partial charge in [0.25, 0.3) is 0 Å². The van der Waals surface area contributed by atoms with Crippen molar-refractivity contribution in [3.63, 3.8) is 0 Å². The SMILES string of the molecule is COc1cc(OC)c(CNC2CC(C)C2)c(OC)c1. The van der Waals surface area contributed by atoms with E-state index >= 15 is 0 Å². The molecule has 1 fully saturated rings. The second-order valence-corrected chi connectivity index (χ2v) is 5.16. The van der Waals surface area contributed by atoms with Crippen LogP contribution in [-0.2, 0) is 6.54 Å². The van der Waals surface area contributed by atoms with Gasteiger partial charge in [-0.15, -0.1) is 0 Å². The molecule has 4 nitrogen and oxygen atoms in total. The smallest absolute Gasteiger partial charge is 0.130 e. The molecule has 0 amide bonds. The highest BCUT2D eigenvalue weighted by Crippen LogP contribution is 2.35. The number of hydrogen-bond acceptors (Lipinski definition) is 4. The fourth-order valence-electron chi connectivity index (χ4n) is 2.57. The number of methoxy groups -OCH3 is 3. The van der Waals surface area contributed by atoms with Crippen molar-refractivity contribution >= 4 is 0 Å². The van der Waals surface area contributed by atoms with E-state index in [1.165, 1.54) is 12.8 Å². The van der Waals surface area contributed by atoms with Crippen LogP contribution in [0.15, 0.2) is 12.1 Å². The molecule has 0 aliphatic heterocycles. The fourth-order valence-corrected chi connectivity index (χ4v) is 2.57. The Morgan fingerprint density at radius 1 is 1.05 bits per heavy atom. The van der Waals surface area contributed by atoms with E-state index in [2.05, 4.69) is 12.2 Å². The van der Waals surface area contributed by atoms with E-state index < -0.39 is 0 Å². The highest BCUT2D eigenvalue weighted by atomic mass is 16.5. The summed E-state index contributed by atoms with van der Waals surface area (Å²) in [6.07, 6.45) is 2.50. The maximum absolute atomic E-state index is 5.44. The summed E-state index contributed by atoms with van der Waals surface area (Å²) >= 11 is 0. The van der Waals surface area contributed by atoms with Gasteiger partial charge in [-0.2, -0.15) is 0 Å². The van der Waals surface area contributed by atoms with E-state index in [-0.39, 0.29) is 0 Å². The van der Waals surface area contributed by atoms with E-state index in [0.29, 0.717) is 6.04 Å². The summed E-state index contributed by atoms with van der Waals surface area (Å²) in [4.78, 5) is 0. The van der Waals surface area contributed by atoms with Gasteiger partial charge in [0, 0.05) is 24.7 Å². The number of hydrogen-bond donors (Lipinski definition) is 1. The third kappa shape index (κ3) is 3.13. The summed E-state index contributed by atoms with van der Waals surface area (Å²) in [6.45, 7) is 3.04. The molecule has 0 radical (unpaired) electrons. The maximum Gasteiger partial charge on any atom is 0.130 e. The van der Waals surface area contributed by atoms with E-state index in [0.717, 1.165) is 35.3 Å². The van der Waals surface area contributed by atoms with Crippen LogP contribution in [-0.4, -0.2) is 27.4 Å². The minimum Gasteiger partial charge on any atom is -0.496 e. The topological polar surface area (TPSA) is 39.7 Å². The van der Waals surface area contributed by atoms with Gasteiger partial charge in [0.1, 0.15) is 17.2 Å². The average Bonchev–Trinajstić information content (AvgIpc) is 2.41. The quantitative estimate of drug-likeness (QED) is 0.858. The molecule has 106 valence electrons. The van der Waals surface area contributed by atoms with Gasteiger partial charge in [0.05, 0.1) is 26.9 Å². The minimum absolute atomic E-state index is 0.617. The Balaban J connectivity index is 2.12. The lowest BCUT2D eigenvalue weighted by molar-refractivity contribution is 0.238. The lowest BCUT2D eigenvalue weighted by Crippen LogP contribution is -2.39. The van der Waals surface area contributed by atoms with Gasteiger partial charge in [-0.05, 0) is 18.8 Å². The van der Waals surface area contributed by atoms with E-state index in [1.54, 1.807) is 21.3 Å². The largest absolute Gasteiger partial charge is 0.496 e. The van der Waals surface area contributed by atoms with Crippen LogP contribution in [0.2, 0.25) is 0 Å². The molecule has 0 atom stereocenters. The Bertz CT molecular complexity index is 402. The molecule has 0 aromatic heterocycles. The normalized spacial score (nSPS) is 21.7. The third-order valence-electron chi connectivity index (χ3n) is 3.76. The van der Waals surface area contributed by atoms with Crippen molar-refractivity contribution in [1.82, 2.24) is 5.32 Å². The lowest BCUT2D eigenvalue weighted by Gasteiger charge is -2.33. The van der Waals surface area contributed by atoms with Crippen molar-refractivity contribution in [3.8, 4) is 17.2 Å². The van der Waals surface area contributed by atoms with Crippen LogP contribution in [0.5, 0.6) is 17.2 Å². The zero-order valence-electron chi connectivity index (χ0n) is 12.2. The number of nitrogens with one attached hydrogen (secondary N) is 1. The summed E-state index contributed by atoms with van der Waals surface area (Å²) < 4.78 is 16.1. The highest BCUT2D eigenvalue weighted by Gasteiger charge is 2.25. The number of ether oxygens (including phenoxy) is 3. The molecule has 0 bridgehead atoms. The summed E-state index contributed by atoms with van der Waals surface area (Å²) in [6, 6.07) is 4.40. The molecule has 0 saturated heterocycles. The summed E-state index contributed by atoms with van der Waals surface area (Å²) in [7, 11) is 4.98. The van der Waals surface area contributed by atoms with Crippen molar-refractivity contribution in [2.24, 2.45) is 5.92 Å². The Morgan fingerprint density at radius 2 is 1.63 bits per heavy atom. The first-order valence-electron chi connectivity index (χ1n) is 6.70. The van der Waals surface area contributed by atoms with Crippen LogP contribution in [0.3, 0.4) is 0 Å². The molecule has 1 aromatic rings. The molecule has 1 aliphatic rings. The van der Waals surface area contributed by atoms with Gasteiger partial charge in [-0.3, -0.25) is 0 Å². The van der Waals surface area contributed by atoms with Crippen molar-refractivity contribution in [2.45, 2.75) is 32.4 Å². The zero-order chi connectivity index (χ0) is 13.8. The van der Waals surface area contributed by atoms with Crippen LogP contribution in [0.4, 0.5) is 0 Å². The molecule has 0 unspecified atom stereocenters. The Kier molecular flexibility index (Phi) is 4.53. The molecular weight excluding hydrogens is 242 g/mol. The molecule has 0 heterocycles. The second-order valence-electron chi connectivity index (χ2n) is 5.16. The van der Waals surface area contributed by atoms with E-state index in [4.69, 9.17) is 14.2 Å². The van der Waals surface area contributed by atoms with Crippen LogP contribution in [0.1, 0.15) is 25.3 Å². The molecule has 19 heavy (non-hydrogen) atoms. The predicted molar refractivity (Wildman–Crippen MR) is 75.1 cm³/mol. The fraction of sp³-hybridized carbons (Fsp3) is 0.600. The van der Waals surface area contributed by atoms with E-state index in [9.17, 15) is 0 Å². The zero-order valence-corrected chi connectivity index (χ0v) is 12.2. The molecule has 1 aliphatic carbocycles. The van der Waals surface area contributed by atoms with Crippen LogP contribution in [0, 0.1) is 5.92 Å². The molecule has 2 rings (SSSR count). The standard InChI is InChI=1S/C15H23NO3/c1-10-5-11(6-10)16-9-13-14(18-3)7-12(17-2)8-15(13)19-4/h7-8,10-11,16H,5-6,9H2,1-4H3. The average molecular weight is 265 g/mol. The van der Waals surface area contributed by atoms with Gasteiger partial charge in [-0.25, -0.2) is 0 Å². The van der Waals surface area contributed by atoms with Crippen LogP contribution in [0.25, 0.3) is 0 Å². The first-order chi connectivity index (χ1) is 9.17. The number of benzene rings is 1. The van der Waals surface area contributed by atoms with Crippen molar-refractivity contribution in [2.75, 3.05) is 21.3 Å². The van der Waals surface area contributed by atoms with Crippen LogP contribution >= 0.6 is 0 Å². The van der Waals surface area contributed by atoms with Gasteiger partial charge in [0.15, 0.2) is 0 Å². The first-order valence-corrected chi connectivity index (χ1v) is 6.70. The maximum atomic E-state index is 5.44. The molecule has 0 spiro atoms. The predicted octanol–water partition coefficient (Wildman–Crippen LogP) is 2.60. The van der Waals surface area contributed by atoms with E-state index in [1.807, 2.05) is 12.1 Å². The Labute approximate surface area is 115 Å². The Morgan fingerprint density at radius 3 is 2.05 bits per heavy atom. The molecule has 1 saturated carbocycles. The van der Waals surface area contributed by atoms with Gasteiger partial charge >= 0.3 is 0 Å². The molecule has 1 aromatic carbocycles. The highest BCUT2D eigenvalue weighted by molar-refractivity contribution is 5.50. The van der Waals surface area contributed by atoms with Crippen molar-refractivity contribution in [3.05, 3.63) is 17.7 Å². The third-order valence-corrected chi connectivity index (χ3v) is 3.76. The first kappa shape index (κ1) is 14.0. The Hall–Kier alpha value is -1.42. The lowest BCUT2D eigenvalue weighted by atomic mass is 9.82. The van der Waals surface area contributed by atoms with Crippen molar-refractivity contribution < 1.29 is 14.2 Å². The second kappa shape index (κ2) is 6.15. The summed E-state index contributed by atoms with van der Waals surface area (Å²) in [5.74, 6) is 3.19. The van der Waals surface area contributed by atoms with Crippen molar-refractivity contribution in [1.29, 1.82) is 0 Å². The van der Waals surface area contributed by atoms with Gasteiger partial charge < -0.3 is 19.5 Å². The molecule has 4 heteroatoms. The van der Waals surface area contributed by atoms with Crippen LogP contribution < -0.4 is 19.5 Å². The number of rotatable bonds is 6. The van der Waals surface area contributed by atoms with Gasteiger partial charge in [0.2, 0.25) is 0 Å². The monoisotopic (exact) mass is 265 g/mol.